The smallest absolute Gasteiger partial charge is 0.230 e. The van der Waals surface area contributed by atoms with Crippen LogP contribution in [0.3, 0.4) is 0 Å². The second kappa shape index (κ2) is 10.2. The first kappa shape index (κ1) is 23.0. The van der Waals surface area contributed by atoms with Gasteiger partial charge >= 0.3 is 0 Å². The molecule has 174 valence electrons. The number of nitrogens with zero attached hydrogens (tertiary/aromatic N) is 3. The quantitative estimate of drug-likeness (QED) is 0.648. The van der Waals surface area contributed by atoms with E-state index in [1.165, 1.54) is 0 Å². The minimum absolute atomic E-state index is 0.0439. The molecule has 2 aromatic carbocycles. The molecule has 2 aliphatic rings. The van der Waals surface area contributed by atoms with E-state index in [-0.39, 0.29) is 18.2 Å². The molecule has 1 fully saturated rings. The SMILES string of the molecule is COc1cc2c(cc1OC)CC(=O)N(CCC(=O)N1CCN(c3ccc(Cl)cc3)CC1)C=C2. The summed E-state index contributed by atoms with van der Waals surface area (Å²) in [5.41, 5.74) is 2.90. The van der Waals surface area contributed by atoms with Crippen LogP contribution in [-0.2, 0) is 16.0 Å². The van der Waals surface area contributed by atoms with Crippen molar-refractivity contribution in [2.75, 3.05) is 51.8 Å². The number of rotatable bonds is 6. The van der Waals surface area contributed by atoms with E-state index in [2.05, 4.69) is 4.90 Å². The summed E-state index contributed by atoms with van der Waals surface area (Å²) in [6, 6.07) is 11.5. The molecule has 2 amide bonds. The van der Waals surface area contributed by atoms with Crippen LogP contribution in [-0.4, -0.2) is 68.6 Å². The number of amides is 2. The molecule has 8 heteroatoms. The molecule has 0 bridgehead atoms. The van der Waals surface area contributed by atoms with Crippen molar-refractivity contribution < 1.29 is 19.1 Å². The lowest BCUT2D eigenvalue weighted by Gasteiger charge is -2.36. The molecule has 0 saturated carbocycles. The average Bonchev–Trinajstić information content (AvgIpc) is 2.99. The number of carbonyl (C=O) groups is 2. The van der Waals surface area contributed by atoms with Crippen molar-refractivity contribution in [3.05, 3.63) is 58.7 Å². The lowest BCUT2D eigenvalue weighted by molar-refractivity contribution is -0.133. The van der Waals surface area contributed by atoms with Gasteiger partial charge in [0.15, 0.2) is 11.5 Å². The number of anilines is 1. The van der Waals surface area contributed by atoms with E-state index in [9.17, 15) is 9.59 Å². The number of piperazine rings is 1. The molecule has 7 nitrogen and oxygen atoms in total. The molecule has 2 aromatic rings. The summed E-state index contributed by atoms with van der Waals surface area (Å²) >= 11 is 5.97. The number of methoxy groups -OCH3 is 2. The molecule has 0 aliphatic carbocycles. The van der Waals surface area contributed by atoms with E-state index in [1.54, 1.807) is 25.3 Å². The van der Waals surface area contributed by atoms with E-state index in [0.717, 1.165) is 29.9 Å². The standard InChI is InChI=1S/C25H28ClN3O4/c1-32-22-15-18-7-9-28(25(31)17-19(18)16-23(22)33-2)10-8-24(30)29-13-11-27(12-14-29)21-5-3-20(26)4-6-21/h3-7,9,15-16H,8,10-14,17H2,1-2H3. The van der Waals surface area contributed by atoms with Crippen LogP contribution in [0, 0.1) is 0 Å². The van der Waals surface area contributed by atoms with Gasteiger partial charge in [-0.2, -0.15) is 0 Å². The second-order valence-electron chi connectivity index (χ2n) is 8.08. The molecule has 1 saturated heterocycles. The topological polar surface area (TPSA) is 62.3 Å². The maximum atomic E-state index is 12.8. The number of ether oxygens (including phenoxy) is 2. The normalized spacial score (nSPS) is 15.8. The third-order valence-corrected chi connectivity index (χ3v) is 6.38. The Balaban J connectivity index is 1.32. The fourth-order valence-electron chi connectivity index (χ4n) is 4.20. The van der Waals surface area contributed by atoms with Crippen molar-refractivity contribution in [3.63, 3.8) is 0 Å². The van der Waals surface area contributed by atoms with Crippen molar-refractivity contribution in [3.8, 4) is 11.5 Å². The third kappa shape index (κ3) is 5.25. The lowest BCUT2D eigenvalue weighted by Crippen LogP contribution is -2.49. The van der Waals surface area contributed by atoms with Gasteiger partial charge in [0.25, 0.3) is 0 Å². The monoisotopic (exact) mass is 469 g/mol. The highest BCUT2D eigenvalue weighted by atomic mass is 35.5. The van der Waals surface area contributed by atoms with Crippen LogP contribution in [0.4, 0.5) is 5.69 Å². The van der Waals surface area contributed by atoms with Gasteiger partial charge in [-0.1, -0.05) is 11.6 Å². The molecule has 4 rings (SSSR count). The van der Waals surface area contributed by atoms with E-state index in [1.807, 2.05) is 47.4 Å². The minimum Gasteiger partial charge on any atom is -0.493 e. The first-order chi connectivity index (χ1) is 16.0. The fraction of sp³-hybridized carbons (Fsp3) is 0.360. The maximum absolute atomic E-state index is 12.8. The van der Waals surface area contributed by atoms with Crippen molar-refractivity contribution in [2.45, 2.75) is 12.8 Å². The maximum Gasteiger partial charge on any atom is 0.230 e. The van der Waals surface area contributed by atoms with Crippen molar-refractivity contribution >= 4 is 35.2 Å². The first-order valence-electron chi connectivity index (χ1n) is 11.0. The molecule has 0 aromatic heterocycles. The van der Waals surface area contributed by atoms with Gasteiger partial charge in [0, 0.05) is 56.1 Å². The van der Waals surface area contributed by atoms with Crippen LogP contribution >= 0.6 is 11.6 Å². The number of halogens is 1. The van der Waals surface area contributed by atoms with E-state index in [0.29, 0.717) is 42.6 Å². The first-order valence-corrected chi connectivity index (χ1v) is 11.4. The highest BCUT2D eigenvalue weighted by molar-refractivity contribution is 6.30. The van der Waals surface area contributed by atoms with Gasteiger partial charge in [-0.25, -0.2) is 0 Å². The Labute approximate surface area is 199 Å². The molecular weight excluding hydrogens is 442 g/mol. The number of hydrogen-bond donors (Lipinski definition) is 0. The third-order valence-electron chi connectivity index (χ3n) is 6.13. The summed E-state index contributed by atoms with van der Waals surface area (Å²) in [6.07, 6.45) is 4.18. The summed E-state index contributed by atoms with van der Waals surface area (Å²) in [4.78, 5) is 31.4. The summed E-state index contributed by atoms with van der Waals surface area (Å²) < 4.78 is 10.7. The van der Waals surface area contributed by atoms with E-state index >= 15 is 0 Å². The number of fused-ring (bicyclic) bond motifs is 1. The summed E-state index contributed by atoms with van der Waals surface area (Å²) in [7, 11) is 3.16. The van der Waals surface area contributed by atoms with E-state index < -0.39 is 0 Å². The predicted molar refractivity (Wildman–Crippen MR) is 129 cm³/mol. The minimum atomic E-state index is -0.0439. The second-order valence-corrected chi connectivity index (χ2v) is 8.52. The molecule has 0 spiro atoms. The number of benzene rings is 2. The summed E-state index contributed by atoms with van der Waals surface area (Å²) in [6.45, 7) is 3.23. The van der Waals surface area contributed by atoms with Gasteiger partial charge in [-0.15, -0.1) is 0 Å². The molecular formula is C25H28ClN3O4. The van der Waals surface area contributed by atoms with Gasteiger partial charge in [-0.3, -0.25) is 9.59 Å². The Kier molecular flexibility index (Phi) is 7.08. The highest BCUT2D eigenvalue weighted by Crippen LogP contribution is 2.32. The number of carbonyl (C=O) groups excluding carboxylic acids is 2. The molecule has 0 atom stereocenters. The largest absolute Gasteiger partial charge is 0.493 e. The van der Waals surface area contributed by atoms with Gasteiger partial charge in [0.1, 0.15) is 0 Å². The lowest BCUT2D eigenvalue weighted by atomic mass is 10.0. The van der Waals surface area contributed by atoms with Crippen molar-refractivity contribution in [2.24, 2.45) is 0 Å². The van der Waals surface area contributed by atoms with Crippen LogP contribution in [0.5, 0.6) is 11.5 Å². The number of hydrogen-bond acceptors (Lipinski definition) is 5. The van der Waals surface area contributed by atoms with Crippen LogP contribution in [0.25, 0.3) is 6.08 Å². The van der Waals surface area contributed by atoms with E-state index in [4.69, 9.17) is 21.1 Å². The Morgan fingerprint density at radius 1 is 1.00 bits per heavy atom. The van der Waals surface area contributed by atoms with Gasteiger partial charge in [0.2, 0.25) is 11.8 Å². The van der Waals surface area contributed by atoms with Gasteiger partial charge in [-0.05, 0) is 53.6 Å². The summed E-state index contributed by atoms with van der Waals surface area (Å²) in [5.74, 6) is 1.24. The predicted octanol–water partition coefficient (Wildman–Crippen LogP) is 3.45. The Hall–Kier alpha value is -3.19. The molecule has 2 heterocycles. The van der Waals surface area contributed by atoms with Crippen LogP contribution in [0.1, 0.15) is 17.5 Å². The van der Waals surface area contributed by atoms with Crippen LogP contribution in [0.2, 0.25) is 5.02 Å². The average molecular weight is 470 g/mol. The molecule has 33 heavy (non-hydrogen) atoms. The van der Waals surface area contributed by atoms with Crippen molar-refractivity contribution in [1.29, 1.82) is 0 Å². The highest BCUT2D eigenvalue weighted by Gasteiger charge is 2.24. The fourth-order valence-corrected chi connectivity index (χ4v) is 4.33. The van der Waals surface area contributed by atoms with Crippen molar-refractivity contribution in [1.82, 2.24) is 9.80 Å². The van der Waals surface area contributed by atoms with Crippen LogP contribution < -0.4 is 14.4 Å². The van der Waals surface area contributed by atoms with Gasteiger partial charge < -0.3 is 24.2 Å². The Bertz CT molecular complexity index is 1050. The molecule has 0 unspecified atom stereocenters. The Morgan fingerprint density at radius 3 is 2.33 bits per heavy atom. The Morgan fingerprint density at radius 2 is 1.67 bits per heavy atom. The zero-order valence-electron chi connectivity index (χ0n) is 18.9. The summed E-state index contributed by atoms with van der Waals surface area (Å²) in [5, 5.41) is 0.714. The molecule has 0 radical (unpaired) electrons. The zero-order valence-corrected chi connectivity index (χ0v) is 19.7. The molecule has 2 aliphatic heterocycles. The zero-order chi connectivity index (χ0) is 23.4. The molecule has 0 N–H and O–H groups in total. The van der Waals surface area contributed by atoms with Gasteiger partial charge in [0.05, 0.1) is 20.6 Å². The van der Waals surface area contributed by atoms with Crippen LogP contribution in [0.15, 0.2) is 42.6 Å².